The molecular weight excluding hydrogens is 388 g/mol. The molecule has 0 spiro atoms. The SMILES string of the molecule is COc1ccc(C)cc1NC(=O)[C@H](C)OC(=O)CCN1C(=O)[C@H]2CCCC[C@H]2C1=O. The van der Waals surface area contributed by atoms with Crippen LogP contribution < -0.4 is 10.1 Å². The van der Waals surface area contributed by atoms with E-state index in [9.17, 15) is 19.2 Å². The molecule has 0 unspecified atom stereocenters. The molecule has 0 aromatic heterocycles. The summed E-state index contributed by atoms with van der Waals surface area (Å²) in [6.45, 7) is 3.34. The van der Waals surface area contributed by atoms with Crippen molar-refractivity contribution in [2.75, 3.05) is 19.0 Å². The quantitative estimate of drug-likeness (QED) is 0.541. The van der Waals surface area contributed by atoms with Crippen LogP contribution in [-0.2, 0) is 23.9 Å². The molecule has 30 heavy (non-hydrogen) atoms. The summed E-state index contributed by atoms with van der Waals surface area (Å²) < 4.78 is 10.4. The zero-order valence-corrected chi connectivity index (χ0v) is 17.6. The number of rotatable bonds is 7. The van der Waals surface area contributed by atoms with E-state index < -0.39 is 18.0 Å². The van der Waals surface area contributed by atoms with Gasteiger partial charge in [0.25, 0.3) is 5.91 Å². The number of anilines is 1. The number of imide groups is 1. The van der Waals surface area contributed by atoms with E-state index in [-0.39, 0.29) is 36.6 Å². The Balaban J connectivity index is 1.51. The molecule has 2 aliphatic rings. The number of benzene rings is 1. The van der Waals surface area contributed by atoms with Gasteiger partial charge in [-0.25, -0.2) is 0 Å². The molecule has 1 aliphatic heterocycles. The van der Waals surface area contributed by atoms with Crippen molar-refractivity contribution >= 4 is 29.4 Å². The Morgan fingerprint density at radius 3 is 2.40 bits per heavy atom. The highest BCUT2D eigenvalue weighted by Crippen LogP contribution is 2.38. The lowest BCUT2D eigenvalue weighted by molar-refractivity contribution is -0.154. The lowest BCUT2D eigenvalue weighted by Crippen LogP contribution is -2.35. The Bertz CT molecular complexity index is 828. The second-order valence-electron chi connectivity index (χ2n) is 7.90. The fraction of sp³-hybridized carbons (Fsp3) is 0.545. The first kappa shape index (κ1) is 21.8. The van der Waals surface area contributed by atoms with Gasteiger partial charge in [0.1, 0.15) is 5.75 Å². The minimum atomic E-state index is -1.03. The first-order chi connectivity index (χ1) is 14.3. The van der Waals surface area contributed by atoms with Gasteiger partial charge in [-0.1, -0.05) is 18.9 Å². The van der Waals surface area contributed by atoms with Crippen LogP contribution in [0.25, 0.3) is 0 Å². The Hall–Kier alpha value is -2.90. The molecule has 162 valence electrons. The normalized spacial score (nSPS) is 21.8. The number of carbonyl (C=O) groups excluding carboxylic acids is 4. The van der Waals surface area contributed by atoms with Crippen LogP contribution in [0.2, 0.25) is 0 Å². The van der Waals surface area contributed by atoms with Crippen molar-refractivity contribution < 1.29 is 28.7 Å². The zero-order chi connectivity index (χ0) is 21.8. The van der Waals surface area contributed by atoms with Crippen LogP contribution in [0.4, 0.5) is 5.69 Å². The lowest BCUT2D eigenvalue weighted by atomic mass is 9.81. The zero-order valence-electron chi connectivity index (χ0n) is 17.6. The van der Waals surface area contributed by atoms with E-state index in [0.717, 1.165) is 31.2 Å². The Morgan fingerprint density at radius 2 is 1.80 bits per heavy atom. The molecule has 3 amide bonds. The number of hydrogen-bond donors (Lipinski definition) is 1. The number of hydrogen-bond acceptors (Lipinski definition) is 6. The smallest absolute Gasteiger partial charge is 0.308 e. The highest BCUT2D eigenvalue weighted by molar-refractivity contribution is 6.05. The minimum Gasteiger partial charge on any atom is -0.495 e. The van der Waals surface area contributed by atoms with Crippen LogP contribution in [0.15, 0.2) is 18.2 Å². The van der Waals surface area contributed by atoms with Crippen molar-refractivity contribution in [1.82, 2.24) is 4.90 Å². The number of esters is 1. The Kier molecular flexibility index (Phi) is 6.74. The number of fused-ring (bicyclic) bond motifs is 1. The summed E-state index contributed by atoms with van der Waals surface area (Å²) in [6.07, 6.45) is 2.20. The number of aryl methyl sites for hydroxylation is 1. The van der Waals surface area contributed by atoms with E-state index in [0.29, 0.717) is 11.4 Å². The van der Waals surface area contributed by atoms with Crippen LogP contribution >= 0.6 is 0 Å². The molecule has 3 atom stereocenters. The van der Waals surface area contributed by atoms with Gasteiger partial charge in [0, 0.05) is 6.54 Å². The molecule has 2 fully saturated rings. The Labute approximate surface area is 175 Å². The monoisotopic (exact) mass is 416 g/mol. The summed E-state index contributed by atoms with van der Waals surface area (Å²) in [6, 6.07) is 5.35. The van der Waals surface area contributed by atoms with Gasteiger partial charge >= 0.3 is 5.97 Å². The average molecular weight is 416 g/mol. The lowest BCUT2D eigenvalue weighted by Gasteiger charge is -2.19. The predicted octanol–water partition coefficient (Wildman–Crippen LogP) is 2.44. The summed E-state index contributed by atoms with van der Waals surface area (Å²) in [5.41, 5.74) is 1.43. The number of nitrogens with one attached hydrogen (secondary N) is 1. The number of nitrogens with zero attached hydrogens (tertiary/aromatic N) is 1. The van der Waals surface area contributed by atoms with Crippen LogP contribution in [0, 0.1) is 18.8 Å². The number of amides is 3. The standard InChI is InChI=1S/C22H28N2O6/c1-13-8-9-18(29-3)17(12-13)23-20(26)14(2)30-19(25)10-11-24-21(27)15-6-4-5-7-16(15)22(24)28/h8-9,12,14-16H,4-7,10-11H2,1-3H3,(H,23,26)/t14-,15-,16+/m0/s1. The summed E-state index contributed by atoms with van der Waals surface area (Å²) in [5.74, 6) is -1.48. The van der Waals surface area contributed by atoms with E-state index in [1.165, 1.54) is 18.9 Å². The molecular formula is C22H28N2O6. The van der Waals surface area contributed by atoms with Crippen LogP contribution in [0.3, 0.4) is 0 Å². The summed E-state index contributed by atoms with van der Waals surface area (Å²) in [5, 5.41) is 2.69. The highest BCUT2D eigenvalue weighted by Gasteiger charge is 2.47. The van der Waals surface area contributed by atoms with Crippen molar-refractivity contribution in [3.8, 4) is 5.75 Å². The molecule has 1 saturated carbocycles. The minimum absolute atomic E-state index is 0.0104. The van der Waals surface area contributed by atoms with Crippen molar-refractivity contribution in [1.29, 1.82) is 0 Å². The van der Waals surface area contributed by atoms with Gasteiger partial charge in [0.05, 0.1) is 31.1 Å². The van der Waals surface area contributed by atoms with E-state index in [1.54, 1.807) is 12.1 Å². The fourth-order valence-corrected chi connectivity index (χ4v) is 4.12. The van der Waals surface area contributed by atoms with Gasteiger partial charge < -0.3 is 14.8 Å². The third-order valence-electron chi connectivity index (χ3n) is 5.76. The van der Waals surface area contributed by atoms with E-state index >= 15 is 0 Å². The van der Waals surface area contributed by atoms with Crippen LogP contribution in [0.5, 0.6) is 5.75 Å². The van der Waals surface area contributed by atoms with Crippen molar-refractivity contribution in [2.24, 2.45) is 11.8 Å². The molecule has 0 radical (unpaired) electrons. The molecule has 1 heterocycles. The molecule has 1 saturated heterocycles. The van der Waals surface area contributed by atoms with Gasteiger partial charge in [-0.3, -0.25) is 24.1 Å². The number of likely N-dealkylation sites (tertiary alicyclic amines) is 1. The summed E-state index contributed by atoms with van der Waals surface area (Å²) in [4.78, 5) is 50.7. The second-order valence-corrected chi connectivity index (χ2v) is 7.90. The van der Waals surface area contributed by atoms with Gasteiger partial charge in [-0.2, -0.15) is 0 Å². The maximum atomic E-state index is 12.5. The average Bonchev–Trinajstić information content (AvgIpc) is 2.97. The molecule has 3 rings (SSSR count). The van der Waals surface area contributed by atoms with Gasteiger partial charge in [0.2, 0.25) is 11.8 Å². The molecule has 8 heteroatoms. The maximum Gasteiger partial charge on any atom is 0.308 e. The largest absolute Gasteiger partial charge is 0.495 e. The predicted molar refractivity (Wildman–Crippen MR) is 109 cm³/mol. The first-order valence-corrected chi connectivity index (χ1v) is 10.3. The van der Waals surface area contributed by atoms with Gasteiger partial charge in [-0.15, -0.1) is 0 Å². The van der Waals surface area contributed by atoms with Gasteiger partial charge in [-0.05, 0) is 44.4 Å². The van der Waals surface area contributed by atoms with Crippen LogP contribution in [-0.4, -0.2) is 48.3 Å². The number of carbonyl (C=O) groups is 4. The second kappa shape index (κ2) is 9.28. The molecule has 1 aromatic rings. The third kappa shape index (κ3) is 4.63. The maximum absolute atomic E-state index is 12.5. The molecule has 1 aliphatic carbocycles. The highest BCUT2D eigenvalue weighted by atomic mass is 16.5. The molecule has 1 aromatic carbocycles. The third-order valence-corrected chi connectivity index (χ3v) is 5.76. The van der Waals surface area contributed by atoms with Crippen molar-refractivity contribution in [3.05, 3.63) is 23.8 Å². The van der Waals surface area contributed by atoms with Crippen molar-refractivity contribution in [2.45, 2.75) is 52.1 Å². The van der Waals surface area contributed by atoms with E-state index in [1.807, 2.05) is 13.0 Å². The van der Waals surface area contributed by atoms with Crippen molar-refractivity contribution in [3.63, 3.8) is 0 Å². The van der Waals surface area contributed by atoms with E-state index in [4.69, 9.17) is 9.47 Å². The fourth-order valence-electron chi connectivity index (χ4n) is 4.12. The molecule has 0 bridgehead atoms. The van der Waals surface area contributed by atoms with E-state index in [2.05, 4.69) is 5.32 Å². The molecule has 8 nitrogen and oxygen atoms in total. The number of methoxy groups -OCH3 is 1. The summed E-state index contributed by atoms with van der Waals surface area (Å²) in [7, 11) is 1.50. The Morgan fingerprint density at radius 1 is 1.17 bits per heavy atom. The summed E-state index contributed by atoms with van der Waals surface area (Å²) >= 11 is 0. The molecule has 1 N–H and O–H groups in total. The van der Waals surface area contributed by atoms with Gasteiger partial charge in [0.15, 0.2) is 6.10 Å². The van der Waals surface area contributed by atoms with Crippen LogP contribution in [0.1, 0.15) is 44.6 Å². The number of ether oxygens (including phenoxy) is 2. The first-order valence-electron chi connectivity index (χ1n) is 10.3. The topological polar surface area (TPSA) is 102 Å².